The summed E-state index contributed by atoms with van der Waals surface area (Å²) in [4.78, 5) is 11.5. The zero-order valence-electron chi connectivity index (χ0n) is 8.72. The number of carbonyl (C=O) groups is 1. The van der Waals surface area contributed by atoms with Crippen LogP contribution in [0.1, 0.15) is 42.0 Å². The highest BCUT2D eigenvalue weighted by Crippen LogP contribution is 2.14. The van der Waals surface area contributed by atoms with Gasteiger partial charge in [0.05, 0.1) is 11.3 Å². The van der Waals surface area contributed by atoms with E-state index in [1.165, 1.54) is 0 Å². The summed E-state index contributed by atoms with van der Waals surface area (Å²) < 4.78 is 1.87. The van der Waals surface area contributed by atoms with Crippen LogP contribution < -0.4 is 0 Å². The van der Waals surface area contributed by atoms with E-state index in [1.807, 2.05) is 32.4 Å². The molecule has 0 fully saturated rings. The molecule has 0 aliphatic rings. The van der Waals surface area contributed by atoms with Crippen LogP contribution in [0.25, 0.3) is 0 Å². The van der Waals surface area contributed by atoms with Gasteiger partial charge in [-0.3, -0.25) is 9.48 Å². The van der Waals surface area contributed by atoms with Crippen molar-refractivity contribution < 1.29 is 4.79 Å². The minimum absolute atomic E-state index is 0.190. The standard InChI is InChI=1S/C10H16N2O/c1-5-9(13)10-7(3)11-12(6-2)8(10)4/h5-6H2,1-4H3. The SMILES string of the molecule is CCC(=O)c1c(C)nn(CC)c1C. The normalized spacial score (nSPS) is 10.5. The molecule has 0 amide bonds. The van der Waals surface area contributed by atoms with Gasteiger partial charge in [-0.05, 0) is 20.8 Å². The van der Waals surface area contributed by atoms with Gasteiger partial charge in [-0.2, -0.15) is 5.10 Å². The summed E-state index contributed by atoms with van der Waals surface area (Å²) in [5.41, 5.74) is 2.66. The Bertz CT molecular complexity index is 326. The van der Waals surface area contributed by atoms with Gasteiger partial charge >= 0.3 is 0 Å². The van der Waals surface area contributed by atoms with E-state index in [1.54, 1.807) is 0 Å². The van der Waals surface area contributed by atoms with E-state index in [-0.39, 0.29) is 5.78 Å². The molecule has 0 radical (unpaired) electrons. The van der Waals surface area contributed by atoms with Crippen LogP contribution in [0.5, 0.6) is 0 Å². The van der Waals surface area contributed by atoms with Crippen molar-refractivity contribution in [2.75, 3.05) is 0 Å². The average Bonchev–Trinajstić information content (AvgIpc) is 2.40. The first-order valence-corrected chi connectivity index (χ1v) is 4.69. The second kappa shape index (κ2) is 3.73. The summed E-state index contributed by atoms with van der Waals surface area (Å²) in [7, 11) is 0. The number of nitrogens with zero attached hydrogens (tertiary/aromatic N) is 2. The summed E-state index contributed by atoms with van der Waals surface area (Å²) in [6.07, 6.45) is 0.553. The molecule has 0 saturated carbocycles. The number of carbonyl (C=O) groups excluding carboxylic acids is 1. The van der Waals surface area contributed by atoms with Crippen LogP contribution in [-0.2, 0) is 6.54 Å². The smallest absolute Gasteiger partial charge is 0.166 e. The molecular weight excluding hydrogens is 164 g/mol. The number of hydrogen-bond donors (Lipinski definition) is 0. The van der Waals surface area contributed by atoms with Crippen LogP contribution in [0.2, 0.25) is 0 Å². The van der Waals surface area contributed by atoms with E-state index in [0.717, 1.165) is 23.5 Å². The predicted octanol–water partition coefficient (Wildman–Crippen LogP) is 2.11. The quantitative estimate of drug-likeness (QED) is 0.668. The van der Waals surface area contributed by atoms with Gasteiger partial charge in [0.2, 0.25) is 0 Å². The van der Waals surface area contributed by atoms with Crippen molar-refractivity contribution in [2.45, 2.75) is 40.7 Å². The van der Waals surface area contributed by atoms with E-state index in [4.69, 9.17) is 0 Å². The molecular formula is C10H16N2O. The lowest BCUT2D eigenvalue weighted by Crippen LogP contribution is -2.02. The highest BCUT2D eigenvalue weighted by molar-refractivity contribution is 5.97. The van der Waals surface area contributed by atoms with Crippen molar-refractivity contribution in [2.24, 2.45) is 0 Å². The third-order valence-corrected chi connectivity index (χ3v) is 2.28. The molecule has 0 aliphatic carbocycles. The fraction of sp³-hybridized carbons (Fsp3) is 0.600. The maximum atomic E-state index is 11.5. The minimum Gasteiger partial charge on any atom is -0.294 e. The van der Waals surface area contributed by atoms with Gasteiger partial charge in [-0.25, -0.2) is 0 Å². The summed E-state index contributed by atoms with van der Waals surface area (Å²) >= 11 is 0. The lowest BCUT2D eigenvalue weighted by atomic mass is 10.1. The van der Waals surface area contributed by atoms with E-state index >= 15 is 0 Å². The van der Waals surface area contributed by atoms with Crippen LogP contribution in [0.4, 0.5) is 0 Å². The van der Waals surface area contributed by atoms with E-state index in [0.29, 0.717) is 6.42 Å². The van der Waals surface area contributed by atoms with Gasteiger partial charge in [-0.1, -0.05) is 6.92 Å². The molecule has 1 aromatic rings. The van der Waals surface area contributed by atoms with Crippen molar-refractivity contribution >= 4 is 5.78 Å². The maximum absolute atomic E-state index is 11.5. The van der Waals surface area contributed by atoms with Crippen molar-refractivity contribution in [1.29, 1.82) is 0 Å². The zero-order valence-corrected chi connectivity index (χ0v) is 8.72. The fourth-order valence-electron chi connectivity index (χ4n) is 1.59. The largest absolute Gasteiger partial charge is 0.294 e. The van der Waals surface area contributed by atoms with Crippen molar-refractivity contribution in [3.05, 3.63) is 17.0 Å². The average molecular weight is 180 g/mol. The Morgan fingerprint density at radius 3 is 2.38 bits per heavy atom. The first kappa shape index (κ1) is 9.96. The van der Waals surface area contributed by atoms with Crippen molar-refractivity contribution in [3.63, 3.8) is 0 Å². The number of aryl methyl sites for hydroxylation is 2. The van der Waals surface area contributed by atoms with Gasteiger partial charge in [0.1, 0.15) is 0 Å². The topological polar surface area (TPSA) is 34.9 Å². The Morgan fingerprint density at radius 1 is 1.38 bits per heavy atom. The van der Waals surface area contributed by atoms with Crippen LogP contribution >= 0.6 is 0 Å². The molecule has 1 rings (SSSR count). The zero-order chi connectivity index (χ0) is 10.0. The predicted molar refractivity (Wildman–Crippen MR) is 52.0 cm³/mol. The minimum atomic E-state index is 0.190. The number of ketones is 1. The molecule has 3 nitrogen and oxygen atoms in total. The third-order valence-electron chi connectivity index (χ3n) is 2.28. The third kappa shape index (κ3) is 1.64. The molecule has 3 heteroatoms. The Morgan fingerprint density at radius 2 is 2.00 bits per heavy atom. The molecule has 13 heavy (non-hydrogen) atoms. The summed E-state index contributed by atoms with van der Waals surface area (Å²) in [5.74, 6) is 0.190. The lowest BCUT2D eigenvalue weighted by Gasteiger charge is -1.99. The summed E-state index contributed by atoms with van der Waals surface area (Å²) in [6, 6.07) is 0. The molecule has 0 atom stereocenters. The molecule has 0 aromatic carbocycles. The van der Waals surface area contributed by atoms with Crippen molar-refractivity contribution in [1.82, 2.24) is 9.78 Å². The molecule has 0 aliphatic heterocycles. The fourth-order valence-corrected chi connectivity index (χ4v) is 1.59. The molecule has 72 valence electrons. The van der Waals surface area contributed by atoms with Gasteiger partial charge in [0.25, 0.3) is 0 Å². The second-order valence-electron chi connectivity index (χ2n) is 3.14. The summed E-state index contributed by atoms with van der Waals surface area (Å²) in [6.45, 7) is 8.57. The molecule has 1 heterocycles. The number of Topliss-reactive ketones (excluding diaryl/α,β-unsaturated/α-hetero) is 1. The molecule has 1 aromatic heterocycles. The Hall–Kier alpha value is -1.12. The van der Waals surface area contributed by atoms with Crippen LogP contribution in [-0.4, -0.2) is 15.6 Å². The number of hydrogen-bond acceptors (Lipinski definition) is 2. The van der Waals surface area contributed by atoms with E-state index in [2.05, 4.69) is 5.10 Å². The number of rotatable bonds is 3. The molecule has 0 bridgehead atoms. The molecule has 0 saturated heterocycles. The monoisotopic (exact) mass is 180 g/mol. The molecule has 0 unspecified atom stereocenters. The van der Waals surface area contributed by atoms with E-state index in [9.17, 15) is 4.79 Å². The lowest BCUT2D eigenvalue weighted by molar-refractivity contribution is 0.0987. The number of aromatic nitrogens is 2. The highest BCUT2D eigenvalue weighted by Gasteiger charge is 2.15. The first-order chi connectivity index (χ1) is 6.11. The molecule has 0 N–H and O–H groups in total. The van der Waals surface area contributed by atoms with Gasteiger partial charge < -0.3 is 0 Å². The summed E-state index contributed by atoms with van der Waals surface area (Å²) in [5, 5.41) is 4.29. The highest BCUT2D eigenvalue weighted by atomic mass is 16.1. The van der Waals surface area contributed by atoms with Crippen LogP contribution in [0, 0.1) is 13.8 Å². The molecule has 0 spiro atoms. The first-order valence-electron chi connectivity index (χ1n) is 4.69. The van der Waals surface area contributed by atoms with Gasteiger partial charge in [0, 0.05) is 18.7 Å². The van der Waals surface area contributed by atoms with Gasteiger partial charge in [0.15, 0.2) is 5.78 Å². The van der Waals surface area contributed by atoms with E-state index < -0.39 is 0 Å². The second-order valence-corrected chi connectivity index (χ2v) is 3.14. The maximum Gasteiger partial charge on any atom is 0.166 e. The Labute approximate surface area is 78.8 Å². The Kier molecular flexibility index (Phi) is 2.86. The van der Waals surface area contributed by atoms with Crippen molar-refractivity contribution in [3.8, 4) is 0 Å². The van der Waals surface area contributed by atoms with Gasteiger partial charge in [-0.15, -0.1) is 0 Å². The Balaban J connectivity index is 3.20. The van der Waals surface area contributed by atoms with Crippen LogP contribution in [0.15, 0.2) is 0 Å². The van der Waals surface area contributed by atoms with Crippen LogP contribution in [0.3, 0.4) is 0 Å².